The molecular formula is C22H13F3N4O3S. The lowest BCUT2D eigenvalue weighted by Crippen LogP contribution is -2.15. The highest BCUT2D eigenvalue weighted by Gasteiger charge is 2.35. The minimum atomic E-state index is -4.71. The fraction of sp³-hybridized carbons (Fsp3) is 0.0909. The molecule has 0 radical (unpaired) electrons. The van der Waals surface area contributed by atoms with Gasteiger partial charge in [-0.3, -0.25) is 4.79 Å². The summed E-state index contributed by atoms with van der Waals surface area (Å²) in [7, 11) is 0. The lowest BCUT2D eigenvalue weighted by molar-refractivity contribution is -0.142. The summed E-state index contributed by atoms with van der Waals surface area (Å²) in [6, 6.07) is 11.5. The number of halogens is 3. The number of aromatic nitrogens is 3. The van der Waals surface area contributed by atoms with E-state index in [2.05, 4.69) is 15.4 Å². The molecule has 0 fully saturated rings. The first kappa shape index (κ1) is 20.9. The molecule has 166 valence electrons. The van der Waals surface area contributed by atoms with Gasteiger partial charge in [-0.25, -0.2) is 14.3 Å². The molecule has 1 N–H and O–H groups in total. The Balaban J connectivity index is 1.54. The maximum Gasteiger partial charge on any atom is 0.433 e. The number of carbonyl (C=O) groups is 1. The number of hydrogen-bond donors (Lipinski definition) is 1. The number of aryl methyl sites for hydroxylation is 1. The van der Waals surface area contributed by atoms with Gasteiger partial charge < -0.3 is 9.73 Å². The maximum absolute atomic E-state index is 13.7. The molecule has 0 saturated heterocycles. The van der Waals surface area contributed by atoms with Crippen LogP contribution in [0.3, 0.4) is 0 Å². The SMILES string of the molecule is Cc1cc(=O)oc2cc(NC(=O)c3cc4nc(-c5cccs5)cc(C(F)(F)F)n4n3)ccc12. The van der Waals surface area contributed by atoms with E-state index in [1.807, 2.05) is 0 Å². The molecule has 33 heavy (non-hydrogen) atoms. The predicted molar refractivity (Wildman–Crippen MR) is 116 cm³/mol. The van der Waals surface area contributed by atoms with Crippen LogP contribution in [0.1, 0.15) is 21.7 Å². The molecule has 4 aromatic heterocycles. The molecule has 1 aromatic carbocycles. The molecule has 7 nitrogen and oxygen atoms in total. The zero-order valence-electron chi connectivity index (χ0n) is 16.8. The number of anilines is 1. The summed E-state index contributed by atoms with van der Waals surface area (Å²) in [5, 5.41) is 8.84. The van der Waals surface area contributed by atoms with Crippen LogP contribution < -0.4 is 10.9 Å². The number of rotatable bonds is 3. The van der Waals surface area contributed by atoms with Crippen LogP contribution in [0.4, 0.5) is 18.9 Å². The molecular weight excluding hydrogens is 457 g/mol. The van der Waals surface area contributed by atoms with E-state index in [9.17, 15) is 22.8 Å². The Morgan fingerprint density at radius 3 is 2.70 bits per heavy atom. The summed E-state index contributed by atoms with van der Waals surface area (Å²) >= 11 is 1.25. The highest BCUT2D eigenvalue weighted by Crippen LogP contribution is 2.33. The van der Waals surface area contributed by atoms with Gasteiger partial charge in [0.05, 0.1) is 10.6 Å². The fourth-order valence-electron chi connectivity index (χ4n) is 3.44. The highest BCUT2D eigenvalue weighted by molar-refractivity contribution is 7.13. The summed E-state index contributed by atoms with van der Waals surface area (Å²) < 4.78 is 46.8. The molecule has 4 heterocycles. The summed E-state index contributed by atoms with van der Waals surface area (Å²) in [5.41, 5.74) is -0.519. The maximum atomic E-state index is 13.7. The van der Waals surface area contributed by atoms with Crippen molar-refractivity contribution in [2.45, 2.75) is 13.1 Å². The molecule has 0 atom stereocenters. The number of nitrogens with zero attached hydrogens (tertiary/aromatic N) is 3. The van der Waals surface area contributed by atoms with E-state index >= 15 is 0 Å². The first-order valence-electron chi connectivity index (χ1n) is 9.57. The van der Waals surface area contributed by atoms with Gasteiger partial charge >= 0.3 is 11.8 Å². The van der Waals surface area contributed by atoms with Gasteiger partial charge in [0.2, 0.25) is 0 Å². The average molecular weight is 470 g/mol. The zero-order valence-corrected chi connectivity index (χ0v) is 17.6. The minimum Gasteiger partial charge on any atom is -0.423 e. The normalized spacial score (nSPS) is 11.9. The molecule has 0 saturated carbocycles. The van der Waals surface area contributed by atoms with Crippen LogP contribution in [-0.2, 0) is 6.18 Å². The van der Waals surface area contributed by atoms with Crippen LogP contribution in [0.2, 0.25) is 0 Å². The van der Waals surface area contributed by atoms with E-state index < -0.39 is 23.4 Å². The molecule has 0 aliphatic carbocycles. The van der Waals surface area contributed by atoms with Crippen LogP contribution in [0.25, 0.3) is 27.2 Å². The fourth-order valence-corrected chi connectivity index (χ4v) is 4.12. The van der Waals surface area contributed by atoms with Crippen LogP contribution in [-0.4, -0.2) is 20.5 Å². The van der Waals surface area contributed by atoms with E-state index in [1.165, 1.54) is 29.5 Å². The van der Waals surface area contributed by atoms with Crippen molar-refractivity contribution in [3.8, 4) is 10.6 Å². The quantitative estimate of drug-likeness (QED) is 0.369. The van der Waals surface area contributed by atoms with Crippen LogP contribution in [0.5, 0.6) is 0 Å². The van der Waals surface area contributed by atoms with E-state index in [1.54, 1.807) is 36.6 Å². The molecule has 11 heteroatoms. The summed E-state index contributed by atoms with van der Waals surface area (Å²) in [5.74, 6) is -0.736. The molecule has 0 aliphatic heterocycles. The van der Waals surface area contributed by atoms with Crippen molar-refractivity contribution < 1.29 is 22.4 Å². The van der Waals surface area contributed by atoms with Gasteiger partial charge in [-0.2, -0.15) is 18.3 Å². The third-order valence-corrected chi connectivity index (χ3v) is 5.83. The Morgan fingerprint density at radius 2 is 1.97 bits per heavy atom. The standard InChI is InChI=1S/C22H13F3N4O3S/c1-11-7-20(30)32-16-8-12(4-5-13(11)16)26-21(31)15-10-19-27-14(17-3-2-6-33-17)9-18(22(23,24)25)29(19)28-15/h2-10H,1H3,(H,26,31). The van der Waals surface area contributed by atoms with Crippen molar-refractivity contribution in [1.82, 2.24) is 14.6 Å². The van der Waals surface area contributed by atoms with Gasteiger partial charge in [-0.15, -0.1) is 11.3 Å². The molecule has 5 aromatic rings. The first-order valence-corrected chi connectivity index (χ1v) is 10.4. The van der Waals surface area contributed by atoms with E-state index in [-0.39, 0.29) is 22.6 Å². The second kappa shape index (κ2) is 7.55. The van der Waals surface area contributed by atoms with Crippen LogP contribution in [0.15, 0.2) is 63.1 Å². The Hall–Kier alpha value is -3.99. The Morgan fingerprint density at radius 1 is 1.15 bits per heavy atom. The average Bonchev–Trinajstić information content (AvgIpc) is 3.41. The second-order valence-corrected chi connectivity index (χ2v) is 8.16. The summed E-state index contributed by atoms with van der Waals surface area (Å²) in [6.07, 6.45) is -4.71. The summed E-state index contributed by atoms with van der Waals surface area (Å²) in [6.45, 7) is 1.75. The van der Waals surface area contributed by atoms with Crippen molar-refractivity contribution in [3.05, 3.63) is 81.3 Å². The third kappa shape index (κ3) is 3.87. The number of thiophene rings is 1. The Labute approximate surface area is 187 Å². The van der Waals surface area contributed by atoms with Gasteiger partial charge in [-0.05, 0) is 42.1 Å². The minimum absolute atomic E-state index is 0.112. The predicted octanol–water partition coefficient (Wildman–Crippen LogP) is 5.14. The van der Waals surface area contributed by atoms with E-state index in [0.29, 0.717) is 26.0 Å². The number of fused-ring (bicyclic) bond motifs is 2. The molecule has 0 spiro atoms. The van der Waals surface area contributed by atoms with Crippen LogP contribution in [0, 0.1) is 6.92 Å². The van der Waals surface area contributed by atoms with Gasteiger partial charge in [0.15, 0.2) is 17.0 Å². The lowest BCUT2D eigenvalue weighted by atomic mass is 10.1. The Kier molecular flexibility index (Phi) is 4.78. The zero-order chi connectivity index (χ0) is 23.3. The number of nitrogens with one attached hydrogen (secondary N) is 1. The molecule has 0 unspecified atom stereocenters. The number of carbonyl (C=O) groups excluding carboxylic acids is 1. The lowest BCUT2D eigenvalue weighted by Gasteiger charge is -2.10. The molecule has 0 aliphatic rings. The van der Waals surface area contributed by atoms with Crippen LogP contribution >= 0.6 is 11.3 Å². The number of benzene rings is 1. The number of hydrogen-bond acceptors (Lipinski definition) is 6. The van der Waals surface area contributed by atoms with Gasteiger partial charge in [-0.1, -0.05) is 6.07 Å². The highest BCUT2D eigenvalue weighted by atomic mass is 32.1. The molecule has 0 bridgehead atoms. The van der Waals surface area contributed by atoms with Crippen molar-refractivity contribution in [1.29, 1.82) is 0 Å². The van der Waals surface area contributed by atoms with E-state index in [4.69, 9.17) is 4.42 Å². The Bertz CT molecular complexity index is 1590. The smallest absolute Gasteiger partial charge is 0.423 e. The molecule has 1 amide bonds. The monoisotopic (exact) mass is 470 g/mol. The van der Waals surface area contributed by atoms with Crippen molar-refractivity contribution in [2.24, 2.45) is 0 Å². The largest absolute Gasteiger partial charge is 0.433 e. The molecule has 5 rings (SSSR count). The van der Waals surface area contributed by atoms with E-state index in [0.717, 1.165) is 6.07 Å². The number of amides is 1. The van der Waals surface area contributed by atoms with Crippen molar-refractivity contribution >= 4 is 39.5 Å². The van der Waals surface area contributed by atoms with Crippen molar-refractivity contribution in [2.75, 3.05) is 5.32 Å². The third-order valence-electron chi connectivity index (χ3n) is 4.93. The second-order valence-electron chi connectivity index (χ2n) is 7.21. The summed E-state index contributed by atoms with van der Waals surface area (Å²) in [4.78, 5) is 29.2. The number of alkyl halides is 3. The van der Waals surface area contributed by atoms with Gasteiger partial charge in [0, 0.05) is 29.3 Å². The van der Waals surface area contributed by atoms with Gasteiger partial charge in [0.25, 0.3) is 5.91 Å². The first-order chi connectivity index (χ1) is 15.7. The van der Waals surface area contributed by atoms with Gasteiger partial charge in [0.1, 0.15) is 5.58 Å². The van der Waals surface area contributed by atoms with Crippen molar-refractivity contribution in [3.63, 3.8) is 0 Å². The topological polar surface area (TPSA) is 89.5 Å².